The van der Waals surface area contributed by atoms with E-state index in [4.69, 9.17) is 14.2 Å². The average molecular weight is 1090 g/mol. The molecule has 0 bridgehead atoms. The number of ether oxygens (including phenoxy) is 3. The molecule has 0 saturated heterocycles. The molecule has 0 amide bonds. The van der Waals surface area contributed by atoms with Gasteiger partial charge in [-0.05, 0) is 77.0 Å². The fourth-order valence-electron chi connectivity index (χ4n) is 10.4. The molecule has 6 nitrogen and oxygen atoms in total. The fraction of sp³-hybridized carbons (Fsp3) is 0.847. The second-order valence-corrected chi connectivity index (χ2v) is 23.4. The smallest absolute Gasteiger partial charge is 0.306 e. The van der Waals surface area contributed by atoms with E-state index in [1.807, 2.05) is 0 Å². The first kappa shape index (κ1) is 75.4. The molecule has 0 spiro atoms. The molecule has 0 saturated carbocycles. The van der Waals surface area contributed by atoms with Crippen molar-refractivity contribution in [2.45, 2.75) is 380 Å². The summed E-state index contributed by atoms with van der Waals surface area (Å²) in [7, 11) is 0. The summed E-state index contributed by atoms with van der Waals surface area (Å²) in [6, 6.07) is 0. The van der Waals surface area contributed by atoms with Gasteiger partial charge in [0.2, 0.25) is 0 Å². The first-order valence-electron chi connectivity index (χ1n) is 34.6. The molecule has 0 radical (unpaired) electrons. The molecule has 6 heteroatoms. The maximum atomic E-state index is 12.9. The van der Waals surface area contributed by atoms with Crippen molar-refractivity contribution in [2.24, 2.45) is 0 Å². The van der Waals surface area contributed by atoms with Gasteiger partial charge in [0, 0.05) is 19.3 Å². The van der Waals surface area contributed by atoms with Crippen LogP contribution in [-0.2, 0) is 28.6 Å². The number of carbonyl (C=O) groups is 3. The van der Waals surface area contributed by atoms with Gasteiger partial charge in [-0.25, -0.2) is 0 Å². The number of unbranched alkanes of at least 4 members (excludes halogenated alkanes) is 45. The van der Waals surface area contributed by atoms with Crippen LogP contribution >= 0.6 is 0 Å². The van der Waals surface area contributed by atoms with E-state index >= 15 is 0 Å². The van der Waals surface area contributed by atoms with Crippen LogP contribution in [0.1, 0.15) is 374 Å². The first-order chi connectivity index (χ1) is 38.5. The highest BCUT2D eigenvalue weighted by Crippen LogP contribution is 2.18. The van der Waals surface area contributed by atoms with Crippen molar-refractivity contribution in [3.05, 3.63) is 48.6 Å². The van der Waals surface area contributed by atoms with Gasteiger partial charge in [-0.15, -0.1) is 0 Å². The predicted molar refractivity (Wildman–Crippen MR) is 339 cm³/mol. The Kier molecular flexibility index (Phi) is 64.6. The zero-order valence-corrected chi connectivity index (χ0v) is 52.5. The molecular weight excluding hydrogens is 961 g/mol. The molecule has 1 unspecified atom stereocenters. The maximum Gasteiger partial charge on any atom is 0.306 e. The molecule has 0 aromatic rings. The van der Waals surface area contributed by atoms with Crippen molar-refractivity contribution in [3.63, 3.8) is 0 Å². The number of hydrogen-bond donors (Lipinski definition) is 0. The number of rotatable bonds is 64. The van der Waals surface area contributed by atoms with E-state index in [0.29, 0.717) is 19.3 Å². The van der Waals surface area contributed by atoms with Crippen LogP contribution in [-0.4, -0.2) is 37.2 Å². The minimum atomic E-state index is -0.779. The molecule has 1 atom stereocenters. The van der Waals surface area contributed by atoms with E-state index in [2.05, 4.69) is 69.4 Å². The Hall–Kier alpha value is -2.63. The predicted octanol–water partition coefficient (Wildman–Crippen LogP) is 23.7. The van der Waals surface area contributed by atoms with Gasteiger partial charge < -0.3 is 14.2 Å². The van der Waals surface area contributed by atoms with Crippen LogP contribution in [0.3, 0.4) is 0 Å². The zero-order chi connectivity index (χ0) is 56.4. The lowest BCUT2D eigenvalue weighted by Gasteiger charge is -2.18. The molecule has 0 heterocycles. The SMILES string of the molecule is CC/C=C\C/C=C\C/C=C\CCCCCCCC(=O)OC(COC(=O)CCCCCCCCCCCCCC)COC(=O)CCCCCCCCCCCCCCCCCCCCCCC/C=C\CCCCCCCCCC. The van der Waals surface area contributed by atoms with Crippen molar-refractivity contribution in [1.29, 1.82) is 0 Å². The van der Waals surface area contributed by atoms with Gasteiger partial charge in [-0.3, -0.25) is 14.4 Å². The van der Waals surface area contributed by atoms with Gasteiger partial charge in [0.1, 0.15) is 13.2 Å². The van der Waals surface area contributed by atoms with Crippen LogP contribution in [0.2, 0.25) is 0 Å². The lowest BCUT2D eigenvalue weighted by molar-refractivity contribution is -0.167. The molecule has 0 aromatic heterocycles. The maximum absolute atomic E-state index is 12.9. The van der Waals surface area contributed by atoms with E-state index in [9.17, 15) is 14.4 Å². The topological polar surface area (TPSA) is 78.9 Å². The van der Waals surface area contributed by atoms with Crippen LogP contribution in [0.15, 0.2) is 48.6 Å². The Morgan fingerprint density at radius 1 is 0.269 bits per heavy atom. The molecule has 0 fully saturated rings. The van der Waals surface area contributed by atoms with Crippen molar-refractivity contribution >= 4 is 17.9 Å². The number of esters is 3. The number of allylic oxidation sites excluding steroid dienone is 8. The zero-order valence-electron chi connectivity index (χ0n) is 52.5. The first-order valence-corrected chi connectivity index (χ1v) is 34.6. The summed E-state index contributed by atoms with van der Waals surface area (Å²) in [6.45, 7) is 6.56. The largest absolute Gasteiger partial charge is 0.462 e. The molecule has 0 aliphatic rings. The van der Waals surface area contributed by atoms with Crippen LogP contribution in [0.5, 0.6) is 0 Å². The second-order valence-electron chi connectivity index (χ2n) is 23.4. The van der Waals surface area contributed by atoms with Gasteiger partial charge in [0.15, 0.2) is 6.10 Å². The Morgan fingerprint density at radius 3 is 0.795 bits per heavy atom. The minimum absolute atomic E-state index is 0.0754. The summed E-state index contributed by atoms with van der Waals surface area (Å²) in [5.74, 6) is -0.871. The van der Waals surface area contributed by atoms with E-state index in [1.165, 1.54) is 238 Å². The summed E-state index contributed by atoms with van der Waals surface area (Å²) in [5, 5.41) is 0. The van der Waals surface area contributed by atoms with Crippen molar-refractivity contribution in [2.75, 3.05) is 13.2 Å². The lowest BCUT2D eigenvalue weighted by atomic mass is 10.0. The highest BCUT2D eigenvalue weighted by atomic mass is 16.6. The Labute approximate surface area is 486 Å². The summed E-state index contributed by atoms with van der Waals surface area (Å²) in [4.78, 5) is 38.3. The Bertz CT molecular complexity index is 1350. The van der Waals surface area contributed by atoms with E-state index in [-0.39, 0.29) is 31.1 Å². The van der Waals surface area contributed by atoms with Gasteiger partial charge in [-0.1, -0.05) is 326 Å². The van der Waals surface area contributed by atoms with Crippen molar-refractivity contribution in [3.8, 4) is 0 Å². The van der Waals surface area contributed by atoms with Crippen molar-refractivity contribution in [1.82, 2.24) is 0 Å². The van der Waals surface area contributed by atoms with Gasteiger partial charge >= 0.3 is 17.9 Å². The quantitative estimate of drug-likeness (QED) is 0.0261. The monoisotopic (exact) mass is 1090 g/mol. The van der Waals surface area contributed by atoms with Gasteiger partial charge in [0.05, 0.1) is 0 Å². The third-order valence-corrected chi connectivity index (χ3v) is 15.6. The number of carbonyl (C=O) groups excluding carboxylic acids is 3. The van der Waals surface area contributed by atoms with Crippen molar-refractivity contribution < 1.29 is 28.6 Å². The third-order valence-electron chi connectivity index (χ3n) is 15.6. The highest BCUT2D eigenvalue weighted by Gasteiger charge is 2.19. The molecule has 0 N–H and O–H groups in total. The highest BCUT2D eigenvalue weighted by molar-refractivity contribution is 5.71. The van der Waals surface area contributed by atoms with E-state index < -0.39 is 6.10 Å². The summed E-state index contributed by atoms with van der Waals surface area (Å²) in [5.41, 5.74) is 0. The van der Waals surface area contributed by atoms with E-state index in [0.717, 1.165) is 96.3 Å². The molecule has 78 heavy (non-hydrogen) atoms. The molecule has 0 aromatic carbocycles. The molecule has 0 aliphatic heterocycles. The van der Waals surface area contributed by atoms with Crippen LogP contribution in [0.25, 0.3) is 0 Å². The lowest BCUT2D eigenvalue weighted by Crippen LogP contribution is -2.30. The Balaban J connectivity index is 4.07. The Morgan fingerprint density at radius 2 is 0.500 bits per heavy atom. The molecule has 0 rings (SSSR count). The average Bonchev–Trinajstić information content (AvgIpc) is 3.44. The summed E-state index contributed by atoms with van der Waals surface area (Å²) < 4.78 is 16.9. The van der Waals surface area contributed by atoms with Gasteiger partial charge in [-0.2, -0.15) is 0 Å². The summed E-state index contributed by atoms with van der Waals surface area (Å²) in [6.07, 6.45) is 84.5. The summed E-state index contributed by atoms with van der Waals surface area (Å²) >= 11 is 0. The fourth-order valence-corrected chi connectivity index (χ4v) is 10.4. The van der Waals surface area contributed by atoms with E-state index in [1.54, 1.807) is 0 Å². The molecule has 456 valence electrons. The third kappa shape index (κ3) is 64.2. The minimum Gasteiger partial charge on any atom is -0.462 e. The van der Waals surface area contributed by atoms with Crippen LogP contribution in [0.4, 0.5) is 0 Å². The van der Waals surface area contributed by atoms with Gasteiger partial charge in [0.25, 0.3) is 0 Å². The van der Waals surface area contributed by atoms with Crippen LogP contribution in [0, 0.1) is 0 Å². The standard InChI is InChI=1S/C72H132O6/c1-4-7-10-13-16-19-22-25-27-28-29-30-31-32-33-34-35-36-37-38-39-40-41-42-43-44-46-47-50-53-56-59-62-65-71(74)77-68-69(67-76-70(73)64-61-58-55-52-49-24-21-18-15-12-9-6-3)78-72(75)66-63-60-57-54-51-48-45-26-23-20-17-14-11-8-5-2/h8,11,17,20,26,28-29,45,69H,4-7,9-10,12-16,18-19,21-25,27,30-44,46-68H2,1-3H3/b11-8-,20-17-,29-28-,45-26-. The second kappa shape index (κ2) is 66.9. The molecular formula is C72H132O6. The normalized spacial score (nSPS) is 12.3. The molecule has 0 aliphatic carbocycles. The number of hydrogen-bond acceptors (Lipinski definition) is 6. The van der Waals surface area contributed by atoms with Crippen LogP contribution < -0.4 is 0 Å².